The van der Waals surface area contributed by atoms with Crippen LogP contribution in [0.4, 0.5) is 18.0 Å². The van der Waals surface area contributed by atoms with Crippen LogP contribution in [-0.2, 0) is 25.6 Å². The lowest BCUT2D eigenvalue weighted by molar-refractivity contribution is -0.143. The summed E-state index contributed by atoms with van der Waals surface area (Å²) < 4.78 is 52.3. The van der Waals surface area contributed by atoms with Crippen LogP contribution in [0, 0.1) is 0 Å². The average molecular weight is 560 g/mol. The molecule has 0 saturated heterocycles. The van der Waals surface area contributed by atoms with Gasteiger partial charge in [-0.3, -0.25) is 0 Å². The summed E-state index contributed by atoms with van der Waals surface area (Å²) in [5, 5.41) is 12.5. The van der Waals surface area contributed by atoms with Crippen LogP contribution in [0.25, 0.3) is 17.1 Å². The minimum absolute atomic E-state index is 0.170. The van der Waals surface area contributed by atoms with Gasteiger partial charge in [-0.05, 0) is 53.8 Å². The predicted molar refractivity (Wildman–Crippen MR) is 145 cm³/mol. The first-order chi connectivity index (χ1) is 19.8. The van der Waals surface area contributed by atoms with E-state index in [9.17, 15) is 18.0 Å². The molecule has 2 heterocycles. The van der Waals surface area contributed by atoms with Gasteiger partial charge in [0.1, 0.15) is 12.4 Å². The molecule has 0 unspecified atom stereocenters. The Balaban J connectivity index is 1.33. The SMILES string of the molecule is O=C(O)Oc1cnn(-c2cccc(-c3ccccc3OCc3ccc(CCc4ccccc4)cc3)n2)c1C(F)(F)F. The van der Waals surface area contributed by atoms with Crippen LogP contribution in [0.15, 0.2) is 103 Å². The van der Waals surface area contributed by atoms with Crippen molar-refractivity contribution in [2.45, 2.75) is 25.6 Å². The van der Waals surface area contributed by atoms with E-state index < -0.39 is 23.8 Å². The molecule has 0 atom stereocenters. The Labute approximate surface area is 233 Å². The molecule has 0 bridgehead atoms. The van der Waals surface area contributed by atoms with Gasteiger partial charge in [-0.1, -0.05) is 72.8 Å². The van der Waals surface area contributed by atoms with Crippen molar-refractivity contribution in [2.24, 2.45) is 0 Å². The molecule has 0 fully saturated rings. The number of benzene rings is 3. The number of halogens is 3. The first kappa shape index (κ1) is 27.4. The Morgan fingerprint density at radius 2 is 1.44 bits per heavy atom. The molecule has 10 heteroatoms. The van der Waals surface area contributed by atoms with E-state index in [1.54, 1.807) is 30.3 Å². The van der Waals surface area contributed by atoms with Crippen LogP contribution in [0.5, 0.6) is 11.5 Å². The molecule has 3 aromatic carbocycles. The van der Waals surface area contributed by atoms with E-state index in [4.69, 9.17) is 9.84 Å². The number of rotatable bonds is 9. The van der Waals surface area contributed by atoms with Crippen LogP contribution in [-0.4, -0.2) is 26.0 Å². The van der Waals surface area contributed by atoms with Gasteiger partial charge in [0.15, 0.2) is 17.3 Å². The second-order valence-corrected chi connectivity index (χ2v) is 9.10. The fourth-order valence-corrected chi connectivity index (χ4v) is 4.33. The number of nitrogens with zero attached hydrogens (tertiary/aromatic N) is 3. The lowest BCUT2D eigenvalue weighted by Gasteiger charge is -2.14. The number of hydrogen-bond acceptors (Lipinski definition) is 5. The minimum Gasteiger partial charge on any atom is -0.488 e. The van der Waals surface area contributed by atoms with Gasteiger partial charge >= 0.3 is 12.3 Å². The fourth-order valence-electron chi connectivity index (χ4n) is 4.33. The molecule has 0 aliphatic heterocycles. The highest BCUT2D eigenvalue weighted by molar-refractivity contribution is 5.68. The second-order valence-electron chi connectivity index (χ2n) is 9.10. The summed E-state index contributed by atoms with van der Waals surface area (Å²) >= 11 is 0. The summed E-state index contributed by atoms with van der Waals surface area (Å²) in [7, 11) is 0. The van der Waals surface area contributed by atoms with Crippen molar-refractivity contribution in [3.8, 4) is 28.6 Å². The highest BCUT2D eigenvalue weighted by Gasteiger charge is 2.41. The zero-order chi connectivity index (χ0) is 28.8. The Hall–Kier alpha value is -5.12. The van der Waals surface area contributed by atoms with E-state index in [0.29, 0.717) is 27.9 Å². The van der Waals surface area contributed by atoms with Gasteiger partial charge in [-0.2, -0.15) is 18.3 Å². The Morgan fingerprint density at radius 3 is 2.15 bits per heavy atom. The Kier molecular flexibility index (Phi) is 8.00. The molecule has 7 nitrogen and oxygen atoms in total. The van der Waals surface area contributed by atoms with Crippen molar-refractivity contribution in [1.29, 1.82) is 0 Å². The van der Waals surface area contributed by atoms with Crippen LogP contribution < -0.4 is 9.47 Å². The van der Waals surface area contributed by atoms with Crippen LogP contribution >= 0.6 is 0 Å². The number of alkyl halides is 3. The molecular formula is C31H24F3N3O4. The average Bonchev–Trinajstić information content (AvgIpc) is 3.40. The largest absolute Gasteiger partial charge is 0.511 e. The van der Waals surface area contributed by atoms with Gasteiger partial charge in [-0.15, -0.1) is 0 Å². The van der Waals surface area contributed by atoms with Gasteiger partial charge in [0.25, 0.3) is 0 Å². The molecule has 0 spiro atoms. The van der Waals surface area contributed by atoms with Crippen LogP contribution in [0.3, 0.4) is 0 Å². The van der Waals surface area contributed by atoms with Crippen LogP contribution in [0.1, 0.15) is 22.4 Å². The molecule has 1 N–H and O–H groups in total. The Bertz CT molecular complexity index is 1640. The Morgan fingerprint density at radius 1 is 0.780 bits per heavy atom. The third-order valence-corrected chi connectivity index (χ3v) is 6.28. The van der Waals surface area contributed by atoms with Gasteiger partial charge < -0.3 is 14.6 Å². The second kappa shape index (κ2) is 12.0. The maximum atomic E-state index is 13.8. The van der Waals surface area contributed by atoms with E-state index in [2.05, 4.69) is 39.1 Å². The molecular weight excluding hydrogens is 535 g/mol. The highest BCUT2D eigenvalue weighted by Crippen LogP contribution is 2.38. The van der Waals surface area contributed by atoms with Crippen molar-refractivity contribution in [1.82, 2.24) is 14.8 Å². The molecule has 0 saturated carbocycles. The highest BCUT2D eigenvalue weighted by atomic mass is 19.4. The topological polar surface area (TPSA) is 86.5 Å². The quantitative estimate of drug-likeness (QED) is 0.190. The van der Waals surface area contributed by atoms with Crippen LogP contribution in [0.2, 0.25) is 0 Å². The van der Waals surface area contributed by atoms with Gasteiger partial charge in [0, 0.05) is 5.56 Å². The molecule has 0 aliphatic rings. The fraction of sp³-hybridized carbons (Fsp3) is 0.129. The summed E-state index contributed by atoms with van der Waals surface area (Å²) in [6, 6.07) is 30.0. The van der Waals surface area contributed by atoms with Crippen molar-refractivity contribution < 1.29 is 32.5 Å². The third kappa shape index (κ3) is 6.73. The number of carboxylic acid groups (broad SMARTS) is 1. The molecule has 41 heavy (non-hydrogen) atoms. The summed E-state index contributed by atoms with van der Waals surface area (Å²) in [4.78, 5) is 15.2. The molecule has 0 amide bonds. The van der Waals surface area contributed by atoms with E-state index in [1.165, 1.54) is 23.3 Å². The molecule has 0 aliphatic carbocycles. The lowest BCUT2D eigenvalue weighted by Crippen LogP contribution is -2.17. The van der Waals surface area contributed by atoms with Crippen molar-refractivity contribution in [3.05, 3.63) is 126 Å². The predicted octanol–water partition coefficient (Wildman–Crippen LogP) is 7.37. The maximum Gasteiger partial charge on any atom is 0.511 e. The maximum absolute atomic E-state index is 13.8. The number of aryl methyl sites for hydroxylation is 2. The van der Waals surface area contributed by atoms with Crippen molar-refractivity contribution in [3.63, 3.8) is 0 Å². The van der Waals surface area contributed by atoms with E-state index >= 15 is 0 Å². The number of ether oxygens (including phenoxy) is 2. The van der Waals surface area contributed by atoms with E-state index in [-0.39, 0.29) is 12.4 Å². The smallest absolute Gasteiger partial charge is 0.488 e. The van der Waals surface area contributed by atoms with E-state index in [1.807, 2.05) is 30.3 Å². The molecule has 5 rings (SSSR count). The number of hydrogen-bond donors (Lipinski definition) is 1. The number of carbonyl (C=O) groups is 1. The molecule has 0 radical (unpaired) electrons. The molecule has 2 aromatic heterocycles. The number of para-hydroxylation sites is 1. The minimum atomic E-state index is -4.95. The normalized spacial score (nSPS) is 11.3. The first-order valence-corrected chi connectivity index (χ1v) is 12.7. The van der Waals surface area contributed by atoms with E-state index in [0.717, 1.165) is 18.4 Å². The monoisotopic (exact) mass is 559 g/mol. The van der Waals surface area contributed by atoms with Crippen molar-refractivity contribution >= 4 is 6.16 Å². The zero-order valence-corrected chi connectivity index (χ0v) is 21.6. The van der Waals surface area contributed by atoms with Gasteiger partial charge in [0.05, 0.1) is 11.9 Å². The first-order valence-electron chi connectivity index (χ1n) is 12.7. The summed E-state index contributed by atoms with van der Waals surface area (Å²) in [6.07, 6.45) is -4.27. The molecule has 5 aromatic rings. The van der Waals surface area contributed by atoms with Crippen molar-refractivity contribution in [2.75, 3.05) is 0 Å². The summed E-state index contributed by atoms with van der Waals surface area (Å²) in [5.74, 6) is -0.611. The summed E-state index contributed by atoms with van der Waals surface area (Å²) in [6.45, 7) is 0.281. The third-order valence-electron chi connectivity index (χ3n) is 6.28. The zero-order valence-electron chi connectivity index (χ0n) is 21.6. The molecule has 208 valence electrons. The van der Waals surface area contributed by atoms with Gasteiger partial charge in [0.2, 0.25) is 0 Å². The standard InChI is InChI=1S/C31H24F3N3O4/c32-31(33,34)29-27(41-30(38)39)19-35-37(29)28-12-6-10-25(36-28)24-9-4-5-11-26(24)40-20-23-17-15-22(16-18-23)14-13-21-7-2-1-3-8-21/h1-12,15-19H,13-14,20H2,(H,38,39). The lowest BCUT2D eigenvalue weighted by atomic mass is 10.0. The number of pyridine rings is 1. The number of aromatic nitrogens is 3. The summed E-state index contributed by atoms with van der Waals surface area (Å²) in [5.41, 5.74) is 2.98. The van der Waals surface area contributed by atoms with Gasteiger partial charge in [-0.25, -0.2) is 14.5 Å².